The van der Waals surface area contributed by atoms with Crippen LogP contribution in [0.3, 0.4) is 0 Å². The van der Waals surface area contributed by atoms with Crippen LogP contribution in [0.1, 0.15) is 27.1 Å². The number of hydrogen-bond donors (Lipinski definition) is 2. The molecule has 0 radical (unpaired) electrons. The highest BCUT2D eigenvalue weighted by Gasteiger charge is 2.13. The van der Waals surface area contributed by atoms with Gasteiger partial charge in [0.15, 0.2) is 0 Å². The first-order chi connectivity index (χ1) is 13.6. The van der Waals surface area contributed by atoms with E-state index >= 15 is 0 Å². The Morgan fingerprint density at radius 3 is 2.57 bits per heavy atom. The van der Waals surface area contributed by atoms with E-state index in [1.807, 2.05) is 18.2 Å². The van der Waals surface area contributed by atoms with Crippen molar-refractivity contribution >= 4 is 22.6 Å². The molecule has 0 aliphatic heterocycles. The van der Waals surface area contributed by atoms with E-state index in [4.69, 9.17) is 10.5 Å². The molecule has 0 aliphatic rings. The molecule has 144 valence electrons. The van der Waals surface area contributed by atoms with E-state index in [9.17, 15) is 9.59 Å². The van der Waals surface area contributed by atoms with Crippen molar-refractivity contribution in [3.8, 4) is 11.6 Å². The molecule has 1 heterocycles. The monoisotopic (exact) mass is 379 g/mol. The molecule has 0 spiro atoms. The summed E-state index contributed by atoms with van der Waals surface area (Å²) in [7, 11) is 1.31. The van der Waals surface area contributed by atoms with Crippen LogP contribution in [-0.2, 0) is 4.74 Å². The number of pyridine rings is 1. The molecule has 0 bridgehead atoms. The van der Waals surface area contributed by atoms with Gasteiger partial charge < -0.3 is 20.5 Å². The zero-order valence-corrected chi connectivity index (χ0v) is 15.5. The molecule has 3 aromatic rings. The van der Waals surface area contributed by atoms with Crippen LogP contribution in [0.2, 0.25) is 0 Å². The maximum Gasteiger partial charge on any atom is 0.339 e. The van der Waals surface area contributed by atoms with Crippen LogP contribution in [0.4, 0.5) is 0 Å². The van der Waals surface area contributed by atoms with Gasteiger partial charge in [-0.1, -0.05) is 24.3 Å². The maximum absolute atomic E-state index is 12.5. The molecule has 0 saturated heterocycles. The third-order valence-electron chi connectivity index (χ3n) is 4.17. The summed E-state index contributed by atoms with van der Waals surface area (Å²) in [5.74, 6) is 0.275. The molecule has 0 atom stereocenters. The first-order valence-electron chi connectivity index (χ1n) is 8.86. The lowest BCUT2D eigenvalue weighted by Gasteiger charge is -2.11. The number of ether oxygens (including phenoxy) is 2. The van der Waals surface area contributed by atoms with Gasteiger partial charge in [-0.25, -0.2) is 9.78 Å². The highest BCUT2D eigenvalue weighted by Crippen LogP contribution is 2.31. The summed E-state index contributed by atoms with van der Waals surface area (Å²) in [6.45, 7) is 1.05. The number of fused-ring (bicyclic) bond motifs is 1. The first kappa shape index (κ1) is 19.3. The van der Waals surface area contributed by atoms with Crippen LogP contribution < -0.4 is 15.8 Å². The molecule has 28 heavy (non-hydrogen) atoms. The zero-order valence-electron chi connectivity index (χ0n) is 15.5. The van der Waals surface area contributed by atoms with Gasteiger partial charge in [0.1, 0.15) is 5.75 Å². The second kappa shape index (κ2) is 8.96. The van der Waals surface area contributed by atoms with Gasteiger partial charge in [-0.2, -0.15) is 0 Å². The van der Waals surface area contributed by atoms with Gasteiger partial charge in [0.2, 0.25) is 5.88 Å². The van der Waals surface area contributed by atoms with Gasteiger partial charge in [-0.15, -0.1) is 0 Å². The Morgan fingerprint density at radius 2 is 1.86 bits per heavy atom. The summed E-state index contributed by atoms with van der Waals surface area (Å²) < 4.78 is 10.5. The van der Waals surface area contributed by atoms with Crippen molar-refractivity contribution < 1.29 is 19.1 Å². The van der Waals surface area contributed by atoms with E-state index < -0.39 is 5.97 Å². The molecule has 0 unspecified atom stereocenters. The van der Waals surface area contributed by atoms with Crippen LogP contribution >= 0.6 is 0 Å². The number of amides is 1. The van der Waals surface area contributed by atoms with Crippen LogP contribution in [0, 0.1) is 0 Å². The van der Waals surface area contributed by atoms with Crippen molar-refractivity contribution in [2.75, 3.05) is 20.2 Å². The maximum atomic E-state index is 12.5. The number of carbonyl (C=O) groups is 2. The Balaban J connectivity index is 1.87. The van der Waals surface area contributed by atoms with Gasteiger partial charge in [0.25, 0.3) is 5.91 Å². The van der Waals surface area contributed by atoms with Crippen molar-refractivity contribution in [1.29, 1.82) is 0 Å². The average molecular weight is 379 g/mol. The van der Waals surface area contributed by atoms with Gasteiger partial charge in [0, 0.05) is 29.8 Å². The molecule has 1 aromatic heterocycles. The summed E-state index contributed by atoms with van der Waals surface area (Å²) in [5.41, 5.74) is 6.37. The first-order valence-corrected chi connectivity index (χ1v) is 8.86. The Labute approximate surface area is 162 Å². The third kappa shape index (κ3) is 4.27. The van der Waals surface area contributed by atoms with Gasteiger partial charge in [-0.3, -0.25) is 4.79 Å². The number of aromatic nitrogens is 1. The number of nitrogens with one attached hydrogen (secondary N) is 1. The molecule has 3 N–H and O–H groups in total. The van der Waals surface area contributed by atoms with Crippen molar-refractivity contribution in [1.82, 2.24) is 10.3 Å². The molecule has 1 amide bonds. The van der Waals surface area contributed by atoms with Crippen molar-refractivity contribution in [2.24, 2.45) is 5.73 Å². The van der Waals surface area contributed by atoms with Crippen LogP contribution in [0.25, 0.3) is 10.8 Å². The molecule has 3 rings (SSSR count). The largest absolute Gasteiger partial charge is 0.465 e. The number of nitrogens with zero attached hydrogens (tertiary/aromatic N) is 1. The molecule has 7 heteroatoms. The number of methoxy groups -OCH3 is 1. The van der Waals surface area contributed by atoms with Crippen LogP contribution in [0.5, 0.6) is 11.6 Å². The van der Waals surface area contributed by atoms with Gasteiger partial charge in [-0.05, 0) is 36.6 Å². The lowest BCUT2D eigenvalue weighted by molar-refractivity contribution is 0.0600. The second-order valence-corrected chi connectivity index (χ2v) is 6.03. The lowest BCUT2D eigenvalue weighted by atomic mass is 10.0. The Hall–Kier alpha value is -3.45. The van der Waals surface area contributed by atoms with E-state index in [-0.39, 0.29) is 5.91 Å². The minimum absolute atomic E-state index is 0.156. The van der Waals surface area contributed by atoms with Crippen LogP contribution in [-0.4, -0.2) is 37.1 Å². The molecule has 0 saturated carbocycles. The van der Waals surface area contributed by atoms with E-state index in [1.54, 1.807) is 30.3 Å². The predicted molar refractivity (Wildman–Crippen MR) is 106 cm³/mol. The fourth-order valence-electron chi connectivity index (χ4n) is 2.76. The fraction of sp³-hybridized carbons (Fsp3) is 0.190. The number of nitrogens with two attached hydrogens (primary N) is 1. The fourth-order valence-corrected chi connectivity index (χ4v) is 2.76. The van der Waals surface area contributed by atoms with Crippen LogP contribution in [0.15, 0.2) is 54.7 Å². The number of benzene rings is 2. The van der Waals surface area contributed by atoms with E-state index in [0.717, 1.165) is 17.2 Å². The van der Waals surface area contributed by atoms with Crippen molar-refractivity contribution in [3.63, 3.8) is 0 Å². The normalized spacial score (nSPS) is 10.5. The van der Waals surface area contributed by atoms with E-state index in [0.29, 0.717) is 35.8 Å². The summed E-state index contributed by atoms with van der Waals surface area (Å²) >= 11 is 0. The minimum Gasteiger partial charge on any atom is -0.465 e. The van der Waals surface area contributed by atoms with Crippen molar-refractivity contribution in [2.45, 2.75) is 6.42 Å². The Kier molecular flexibility index (Phi) is 6.18. The molecule has 0 aliphatic carbocycles. The minimum atomic E-state index is -0.463. The molecular weight excluding hydrogens is 358 g/mol. The molecule has 2 aromatic carbocycles. The number of hydrogen-bond acceptors (Lipinski definition) is 6. The zero-order chi connectivity index (χ0) is 19.9. The summed E-state index contributed by atoms with van der Waals surface area (Å²) in [6.07, 6.45) is 2.11. The topological polar surface area (TPSA) is 104 Å². The average Bonchev–Trinajstić information content (AvgIpc) is 2.73. The standard InChI is InChI=1S/C21H21N3O4/c1-27-21(26)14-9-10-19(24-13-14)28-18-8-3-5-15-16(18)6-2-7-17(15)20(25)23-12-4-11-22/h2-3,5-10,13H,4,11-12,22H2,1H3,(H,23,25). The SMILES string of the molecule is COC(=O)c1ccc(Oc2cccc3c(C(=O)NCCCN)cccc23)nc1. The van der Waals surface area contributed by atoms with Gasteiger partial charge in [0.05, 0.1) is 12.7 Å². The summed E-state index contributed by atoms with van der Waals surface area (Å²) in [4.78, 5) is 28.1. The van der Waals surface area contributed by atoms with Gasteiger partial charge >= 0.3 is 5.97 Å². The quantitative estimate of drug-likeness (QED) is 0.483. The lowest BCUT2D eigenvalue weighted by Crippen LogP contribution is -2.26. The number of esters is 1. The number of carbonyl (C=O) groups excluding carboxylic acids is 2. The molecule has 0 fully saturated rings. The molecule has 7 nitrogen and oxygen atoms in total. The summed E-state index contributed by atoms with van der Waals surface area (Å²) in [6, 6.07) is 14.1. The second-order valence-electron chi connectivity index (χ2n) is 6.03. The van der Waals surface area contributed by atoms with Crippen molar-refractivity contribution in [3.05, 3.63) is 65.9 Å². The predicted octanol–water partition coefficient (Wildman–Crippen LogP) is 2.89. The summed E-state index contributed by atoms with van der Waals surface area (Å²) in [5, 5.41) is 4.43. The Bertz CT molecular complexity index is 987. The smallest absolute Gasteiger partial charge is 0.339 e. The highest BCUT2D eigenvalue weighted by atomic mass is 16.5. The Morgan fingerprint density at radius 1 is 1.07 bits per heavy atom. The highest BCUT2D eigenvalue weighted by molar-refractivity contribution is 6.08. The van der Waals surface area contributed by atoms with E-state index in [1.165, 1.54) is 13.3 Å². The third-order valence-corrected chi connectivity index (χ3v) is 4.17. The van der Waals surface area contributed by atoms with E-state index in [2.05, 4.69) is 15.0 Å². The number of rotatable bonds is 7. The molecular formula is C21H21N3O4.